The molecular weight excluding hydrogens is 290 g/mol. The molecule has 1 saturated heterocycles. The highest BCUT2D eigenvalue weighted by molar-refractivity contribution is 5.56. The summed E-state index contributed by atoms with van der Waals surface area (Å²) in [5.41, 5.74) is 0.943. The summed E-state index contributed by atoms with van der Waals surface area (Å²) in [6, 6.07) is 9.71. The minimum atomic E-state index is 0.616. The summed E-state index contributed by atoms with van der Waals surface area (Å²) in [6.07, 6.45) is 1.81. The molecule has 0 aliphatic carbocycles. The highest BCUT2D eigenvalue weighted by Crippen LogP contribution is 2.20. The minimum absolute atomic E-state index is 0.616. The molecule has 0 bridgehead atoms. The first-order chi connectivity index (χ1) is 11.3. The van der Waals surface area contributed by atoms with Gasteiger partial charge in [-0.05, 0) is 36.9 Å². The molecule has 1 aliphatic heterocycles. The molecule has 0 atom stereocenters. The molecule has 6 nitrogen and oxygen atoms in total. The van der Waals surface area contributed by atoms with Crippen LogP contribution in [0.25, 0.3) is 0 Å². The molecule has 3 rings (SSSR count). The molecule has 1 N–H and O–H groups in total. The van der Waals surface area contributed by atoms with E-state index < -0.39 is 0 Å². The molecule has 0 spiro atoms. The van der Waals surface area contributed by atoms with Crippen molar-refractivity contribution in [1.29, 1.82) is 0 Å². The van der Waals surface area contributed by atoms with Gasteiger partial charge in [-0.15, -0.1) is 0 Å². The Morgan fingerprint density at radius 3 is 2.48 bits per heavy atom. The van der Waals surface area contributed by atoms with Crippen LogP contribution >= 0.6 is 0 Å². The zero-order valence-electron chi connectivity index (χ0n) is 13.7. The molecule has 23 heavy (non-hydrogen) atoms. The van der Waals surface area contributed by atoms with Crippen LogP contribution in [0, 0.1) is 0 Å². The fourth-order valence-corrected chi connectivity index (χ4v) is 2.68. The summed E-state index contributed by atoms with van der Waals surface area (Å²) in [5, 5.41) is 3.24. The zero-order valence-corrected chi connectivity index (χ0v) is 13.7. The molecule has 2 aromatic rings. The van der Waals surface area contributed by atoms with Crippen LogP contribution in [0.4, 0.5) is 17.5 Å². The van der Waals surface area contributed by atoms with Gasteiger partial charge in [0.25, 0.3) is 0 Å². The van der Waals surface area contributed by atoms with Gasteiger partial charge in [0.05, 0.1) is 7.11 Å². The third-order valence-electron chi connectivity index (χ3n) is 4.13. The second-order valence-corrected chi connectivity index (χ2v) is 5.51. The minimum Gasteiger partial charge on any atom is -0.497 e. The van der Waals surface area contributed by atoms with Gasteiger partial charge in [-0.2, -0.15) is 4.98 Å². The van der Waals surface area contributed by atoms with E-state index in [9.17, 15) is 0 Å². The number of benzene rings is 1. The van der Waals surface area contributed by atoms with Crippen molar-refractivity contribution in [3.63, 3.8) is 0 Å². The predicted octanol–water partition coefficient (Wildman–Crippen LogP) is 2.37. The average molecular weight is 313 g/mol. The number of piperazine rings is 1. The Balaban J connectivity index is 1.67. The highest BCUT2D eigenvalue weighted by atomic mass is 16.5. The lowest BCUT2D eigenvalue weighted by Crippen LogP contribution is -2.46. The molecule has 1 aromatic heterocycles. The molecule has 6 heteroatoms. The summed E-state index contributed by atoms with van der Waals surface area (Å²) >= 11 is 0. The van der Waals surface area contributed by atoms with Gasteiger partial charge in [0.15, 0.2) is 0 Å². The summed E-state index contributed by atoms with van der Waals surface area (Å²) in [7, 11) is 1.66. The maximum atomic E-state index is 5.17. The van der Waals surface area contributed by atoms with Crippen molar-refractivity contribution < 1.29 is 4.74 Å². The van der Waals surface area contributed by atoms with Gasteiger partial charge in [0.2, 0.25) is 5.95 Å². The second kappa shape index (κ2) is 7.28. The predicted molar refractivity (Wildman–Crippen MR) is 92.6 cm³/mol. The summed E-state index contributed by atoms with van der Waals surface area (Å²) in [6.45, 7) is 7.50. The fourth-order valence-electron chi connectivity index (χ4n) is 2.68. The Morgan fingerprint density at radius 2 is 1.83 bits per heavy atom. The summed E-state index contributed by atoms with van der Waals surface area (Å²) < 4.78 is 5.17. The van der Waals surface area contributed by atoms with Crippen LogP contribution in [0.15, 0.2) is 36.5 Å². The number of nitrogens with one attached hydrogen (secondary N) is 1. The Hall–Kier alpha value is -2.34. The number of hydrogen-bond acceptors (Lipinski definition) is 6. The molecule has 122 valence electrons. The van der Waals surface area contributed by atoms with Gasteiger partial charge in [-0.25, -0.2) is 4.98 Å². The number of aromatic nitrogens is 2. The van der Waals surface area contributed by atoms with Gasteiger partial charge in [-0.1, -0.05) is 6.92 Å². The summed E-state index contributed by atoms with van der Waals surface area (Å²) in [4.78, 5) is 13.7. The van der Waals surface area contributed by atoms with Crippen LogP contribution in [0.1, 0.15) is 6.92 Å². The third kappa shape index (κ3) is 3.90. The fraction of sp³-hybridized carbons (Fsp3) is 0.412. The van der Waals surface area contributed by atoms with E-state index in [1.165, 1.54) is 0 Å². The lowest BCUT2D eigenvalue weighted by Gasteiger charge is -2.34. The van der Waals surface area contributed by atoms with Gasteiger partial charge in [0, 0.05) is 38.1 Å². The van der Waals surface area contributed by atoms with E-state index >= 15 is 0 Å². The summed E-state index contributed by atoms with van der Waals surface area (Å²) in [5.74, 6) is 2.43. The average Bonchev–Trinajstić information content (AvgIpc) is 2.63. The molecule has 0 saturated carbocycles. The van der Waals surface area contributed by atoms with E-state index in [0.717, 1.165) is 50.0 Å². The second-order valence-electron chi connectivity index (χ2n) is 5.51. The Morgan fingerprint density at radius 1 is 1.09 bits per heavy atom. The number of nitrogens with zero attached hydrogens (tertiary/aromatic N) is 4. The first kappa shape index (κ1) is 15.6. The molecule has 0 radical (unpaired) electrons. The third-order valence-corrected chi connectivity index (χ3v) is 4.13. The molecular formula is C17H23N5O. The van der Waals surface area contributed by atoms with Crippen LogP contribution < -0.4 is 15.0 Å². The van der Waals surface area contributed by atoms with Gasteiger partial charge in [-0.3, -0.25) is 0 Å². The standard InChI is InChI=1S/C17H23N5O/c1-3-21-10-12-22(13-11-21)16-8-9-18-17(20-16)19-14-4-6-15(23-2)7-5-14/h4-9H,3,10-13H2,1-2H3,(H,18,19,20). The molecule has 0 unspecified atom stereocenters. The maximum absolute atomic E-state index is 5.17. The van der Waals surface area contributed by atoms with Crippen LogP contribution in [-0.2, 0) is 0 Å². The zero-order chi connectivity index (χ0) is 16.1. The van der Waals surface area contributed by atoms with Gasteiger partial charge < -0.3 is 19.9 Å². The van der Waals surface area contributed by atoms with Crippen LogP contribution in [0.3, 0.4) is 0 Å². The van der Waals surface area contributed by atoms with Crippen molar-refractivity contribution >= 4 is 17.5 Å². The number of anilines is 3. The van der Waals surface area contributed by atoms with Crippen molar-refractivity contribution in [3.8, 4) is 5.75 Å². The van der Waals surface area contributed by atoms with Crippen molar-refractivity contribution in [3.05, 3.63) is 36.5 Å². The quantitative estimate of drug-likeness (QED) is 0.914. The number of hydrogen-bond donors (Lipinski definition) is 1. The molecule has 2 heterocycles. The molecule has 1 fully saturated rings. The molecule has 1 aromatic carbocycles. The monoisotopic (exact) mass is 313 g/mol. The number of likely N-dealkylation sites (N-methyl/N-ethyl adjacent to an activating group) is 1. The van der Waals surface area contributed by atoms with Crippen LogP contribution in [0.2, 0.25) is 0 Å². The van der Waals surface area contributed by atoms with Crippen LogP contribution in [0.5, 0.6) is 5.75 Å². The van der Waals surface area contributed by atoms with Crippen LogP contribution in [-0.4, -0.2) is 54.7 Å². The lowest BCUT2D eigenvalue weighted by molar-refractivity contribution is 0.270. The molecule has 0 amide bonds. The normalized spacial score (nSPS) is 15.5. The Labute approximate surface area is 137 Å². The van der Waals surface area contributed by atoms with Crippen molar-refractivity contribution in [2.45, 2.75) is 6.92 Å². The Kier molecular flexibility index (Phi) is 4.92. The lowest BCUT2D eigenvalue weighted by atomic mass is 10.3. The first-order valence-corrected chi connectivity index (χ1v) is 8.00. The van der Waals surface area contributed by atoms with E-state index in [2.05, 4.69) is 32.0 Å². The topological polar surface area (TPSA) is 53.5 Å². The number of methoxy groups -OCH3 is 1. The maximum Gasteiger partial charge on any atom is 0.229 e. The van der Waals surface area contributed by atoms with E-state index in [1.807, 2.05) is 30.3 Å². The molecule has 1 aliphatic rings. The van der Waals surface area contributed by atoms with E-state index in [4.69, 9.17) is 4.74 Å². The smallest absolute Gasteiger partial charge is 0.229 e. The van der Waals surface area contributed by atoms with E-state index in [0.29, 0.717) is 5.95 Å². The van der Waals surface area contributed by atoms with Crippen molar-refractivity contribution in [1.82, 2.24) is 14.9 Å². The first-order valence-electron chi connectivity index (χ1n) is 8.00. The Bertz CT molecular complexity index is 623. The number of rotatable bonds is 5. The largest absolute Gasteiger partial charge is 0.497 e. The highest BCUT2D eigenvalue weighted by Gasteiger charge is 2.17. The van der Waals surface area contributed by atoms with Crippen molar-refractivity contribution in [2.24, 2.45) is 0 Å². The van der Waals surface area contributed by atoms with Crippen molar-refractivity contribution in [2.75, 3.05) is 50.1 Å². The SMILES string of the molecule is CCN1CCN(c2ccnc(Nc3ccc(OC)cc3)n2)CC1. The van der Waals surface area contributed by atoms with E-state index in [1.54, 1.807) is 13.3 Å². The van der Waals surface area contributed by atoms with Gasteiger partial charge >= 0.3 is 0 Å². The number of ether oxygens (including phenoxy) is 1. The van der Waals surface area contributed by atoms with Gasteiger partial charge in [0.1, 0.15) is 11.6 Å². The van der Waals surface area contributed by atoms with E-state index in [-0.39, 0.29) is 0 Å².